The summed E-state index contributed by atoms with van der Waals surface area (Å²) in [6.07, 6.45) is 1.03. The molecular weight excluding hydrogens is 245 g/mol. The van der Waals surface area contributed by atoms with Crippen LogP contribution in [-0.4, -0.2) is 30.7 Å². The molecule has 1 heterocycles. The molecule has 0 bridgehead atoms. The summed E-state index contributed by atoms with van der Waals surface area (Å²) < 4.78 is 36.5. The maximum Gasteiger partial charge on any atom is 0.401 e. The lowest BCUT2D eigenvalue weighted by atomic mass is 10.0. The Morgan fingerprint density at radius 1 is 1.28 bits per heavy atom. The maximum absolute atomic E-state index is 12.2. The highest BCUT2D eigenvalue weighted by Gasteiger charge is 2.31. The third-order valence-electron chi connectivity index (χ3n) is 2.52. The monoisotopic (exact) mass is 262 g/mol. The molecule has 0 aromatic rings. The molecule has 0 unspecified atom stereocenters. The molecule has 6 N–H and O–H groups in total. The number of nitrogens with zero attached hydrogens (tertiary/aromatic N) is 1. The summed E-state index contributed by atoms with van der Waals surface area (Å²) in [7, 11) is 0. The van der Waals surface area contributed by atoms with Crippen molar-refractivity contribution in [3.8, 4) is 0 Å². The number of nitrogens with two attached hydrogens (primary N) is 3. The van der Waals surface area contributed by atoms with Crippen LogP contribution in [0, 0.1) is 0 Å². The molecule has 0 saturated heterocycles. The normalized spacial score (nSPS) is 18.4. The minimum Gasteiger partial charge on any atom is -0.399 e. The van der Waals surface area contributed by atoms with Crippen molar-refractivity contribution in [2.75, 3.05) is 19.6 Å². The second kappa shape index (κ2) is 5.81. The summed E-state index contributed by atoms with van der Waals surface area (Å²) in [5, 5.41) is 0. The molecule has 0 amide bonds. The van der Waals surface area contributed by atoms with E-state index in [0.29, 0.717) is 18.7 Å². The van der Waals surface area contributed by atoms with E-state index in [2.05, 4.69) is 0 Å². The molecule has 0 saturated carbocycles. The van der Waals surface area contributed by atoms with E-state index in [0.717, 1.165) is 5.57 Å². The molecular formula is C11H17F3N4. The van der Waals surface area contributed by atoms with Crippen LogP contribution in [0.4, 0.5) is 13.2 Å². The first-order valence-electron chi connectivity index (χ1n) is 5.45. The number of hydrogen-bond acceptors (Lipinski definition) is 4. The van der Waals surface area contributed by atoms with Crippen molar-refractivity contribution >= 4 is 0 Å². The van der Waals surface area contributed by atoms with E-state index >= 15 is 0 Å². The fraction of sp³-hybridized carbons (Fsp3) is 0.455. The predicted molar refractivity (Wildman–Crippen MR) is 63.9 cm³/mol. The number of rotatable bonds is 3. The Kier molecular flexibility index (Phi) is 4.66. The van der Waals surface area contributed by atoms with Crippen molar-refractivity contribution in [2.24, 2.45) is 17.2 Å². The number of halogens is 3. The third-order valence-corrected chi connectivity index (χ3v) is 2.52. The molecule has 0 aromatic carbocycles. The second-order valence-electron chi connectivity index (χ2n) is 4.12. The molecule has 0 aromatic heterocycles. The van der Waals surface area contributed by atoms with E-state index in [1.165, 1.54) is 11.0 Å². The van der Waals surface area contributed by atoms with Crippen LogP contribution in [0.1, 0.15) is 6.42 Å². The zero-order chi connectivity index (χ0) is 13.8. The highest BCUT2D eigenvalue weighted by atomic mass is 19.4. The van der Waals surface area contributed by atoms with Gasteiger partial charge in [-0.25, -0.2) is 0 Å². The van der Waals surface area contributed by atoms with Gasteiger partial charge in [0.2, 0.25) is 0 Å². The Hall–Kier alpha value is -1.63. The van der Waals surface area contributed by atoms with Gasteiger partial charge in [0.1, 0.15) is 0 Å². The van der Waals surface area contributed by atoms with Crippen molar-refractivity contribution < 1.29 is 13.2 Å². The fourth-order valence-corrected chi connectivity index (χ4v) is 1.66. The fourth-order valence-electron chi connectivity index (χ4n) is 1.66. The second-order valence-corrected chi connectivity index (χ2v) is 4.12. The predicted octanol–water partition coefficient (Wildman–Crippen LogP) is 0.782. The third kappa shape index (κ3) is 5.13. The van der Waals surface area contributed by atoms with Crippen LogP contribution in [0.5, 0.6) is 0 Å². The molecule has 0 fully saturated rings. The van der Waals surface area contributed by atoms with Crippen LogP contribution < -0.4 is 17.2 Å². The number of hydrogen-bond donors (Lipinski definition) is 3. The average molecular weight is 262 g/mol. The Morgan fingerprint density at radius 2 is 1.94 bits per heavy atom. The summed E-state index contributed by atoms with van der Waals surface area (Å²) in [6, 6.07) is 0. The van der Waals surface area contributed by atoms with Gasteiger partial charge in [0.15, 0.2) is 0 Å². The summed E-state index contributed by atoms with van der Waals surface area (Å²) in [6.45, 7) is -0.317. The molecule has 4 nitrogen and oxygen atoms in total. The van der Waals surface area contributed by atoms with E-state index < -0.39 is 12.7 Å². The summed E-state index contributed by atoms with van der Waals surface area (Å²) in [5.74, 6) is 0.132. The Morgan fingerprint density at radius 3 is 2.39 bits per heavy atom. The van der Waals surface area contributed by atoms with Gasteiger partial charge in [-0.15, -0.1) is 0 Å². The van der Waals surface area contributed by atoms with Gasteiger partial charge in [-0.2, -0.15) is 13.2 Å². The zero-order valence-corrected chi connectivity index (χ0v) is 9.87. The van der Waals surface area contributed by atoms with Gasteiger partial charge in [0, 0.05) is 18.8 Å². The van der Waals surface area contributed by atoms with Gasteiger partial charge in [0.05, 0.1) is 12.4 Å². The first kappa shape index (κ1) is 14.4. The zero-order valence-electron chi connectivity index (χ0n) is 9.87. The summed E-state index contributed by atoms with van der Waals surface area (Å²) in [4.78, 5) is 1.32. The van der Waals surface area contributed by atoms with Crippen molar-refractivity contribution in [2.45, 2.75) is 12.6 Å². The van der Waals surface area contributed by atoms with Gasteiger partial charge < -0.3 is 17.2 Å². The lowest BCUT2D eigenvalue weighted by Crippen LogP contribution is -2.37. The minimum atomic E-state index is -4.16. The number of allylic oxidation sites excluding steroid dienone is 3. The Bertz CT molecular complexity index is 378. The maximum atomic E-state index is 12.2. The van der Waals surface area contributed by atoms with E-state index in [1.807, 2.05) is 0 Å². The number of alkyl halides is 3. The molecule has 18 heavy (non-hydrogen) atoms. The molecule has 0 radical (unpaired) electrons. The highest BCUT2D eigenvalue weighted by Crippen LogP contribution is 2.21. The average Bonchev–Trinajstić information content (AvgIpc) is 2.24. The van der Waals surface area contributed by atoms with Gasteiger partial charge in [0.25, 0.3) is 0 Å². The molecule has 102 valence electrons. The van der Waals surface area contributed by atoms with Crippen LogP contribution >= 0.6 is 0 Å². The van der Waals surface area contributed by atoms with Gasteiger partial charge in [-0.05, 0) is 24.1 Å². The Balaban J connectivity index is 2.59. The molecule has 1 rings (SSSR count). The van der Waals surface area contributed by atoms with Crippen LogP contribution in [0.3, 0.4) is 0 Å². The van der Waals surface area contributed by atoms with Crippen molar-refractivity contribution in [3.63, 3.8) is 0 Å². The summed E-state index contributed by atoms with van der Waals surface area (Å²) in [5.41, 5.74) is 17.6. The molecule has 0 spiro atoms. The topological polar surface area (TPSA) is 81.3 Å². The molecule has 0 aliphatic carbocycles. The van der Waals surface area contributed by atoms with Crippen LogP contribution in [0.25, 0.3) is 0 Å². The van der Waals surface area contributed by atoms with Crippen molar-refractivity contribution in [3.05, 3.63) is 35.3 Å². The first-order chi connectivity index (χ1) is 8.28. The Labute approximate surface area is 104 Å². The molecule has 0 atom stereocenters. The van der Waals surface area contributed by atoms with Crippen LogP contribution in [-0.2, 0) is 0 Å². The van der Waals surface area contributed by atoms with Gasteiger partial charge in [-0.3, -0.25) is 4.90 Å². The smallest absolute Gasteiger partial charge is 0.399 e. The quantitative estimate of drug-likeness (QED) is 0.657. The highest BCUT2D eigenvalue weighted by molar-refractivity contribution is 5.33. The van der Waals surface area contributed by atoms with Crippen molar-refractivity contribution in [1.29, 1.82) is 0 Å². The standard InChI is InChI=1S/C11H17F3N4/c12-11(13,14)7-18-5-3-8(4-6-18)9(15)1-2-10(16)17/h1-3H,4-7,15-17H2/b9-1-. The van der Waals surface area contributed by atoms with Gasteiger partial charge >= 0.3 is 6.18 Å². The van der Waals surface area contributed by atoms with Crippen LogP contribution in [0.2, 0.25) is 0 Å². The lowest BCUT2D eigenvalue weighted by Gasteiger charge is -2.27. The first-order valence-corrected chi connectivity index (χ1v) is 5.45. The van der Waals surface area contributed by atoms with Crippen LogP contribution in [0.15, 0.2) is 35.3 Å². The van der Waals surface area contributed by atoms with E-state index in [1.54, 1.807) is 12.2 Å². The van der Waals surface area contributed by atoms with E-state index in [9.17, 15) is 13.2 Å². The lowest BCUT2D eigenvalue weighted by molar-refractivity contribution is -0.145. The summed E-state index contributed by atoms with van der Waals surface area (Å²) >= 11 is 0. The largest absolute Gasteiger partial charge is 0.401 e. The van der Waals surface area contributed by atoms with Gasteiger partial charge in [-0.1, -0.05) is 6.08 Å². The van der Waals surface area contributed by atoms with E-state index in [4.69, 9.17) is 17.2 Å². The van der Waals surface area contributed by atoms with Crippen molar-refractivity contribution in [1.82, 2.24) is 4.90 Å². The van der Waals surface area contributed by atoms with E-state index in [-0.39, 0.29) is 12.4 Å². The molecule has 7 heteroatoms. The molecule has 1 aliphatic heterocycles. The minimum absolute atomic E-state index is 0.132. The molecule has 1 aliphatic rings. The SMILES string of the molecule is NC(N)=C/C=C(\N)C1=CCN(CC(F)(F)F)CC1.